The fraction of sp³-hybridized carbons (Fsp3) is 0.500. The van der Waals surface area contributed by atoms with Crippen molar-refractivity contribution in [1.29, 1.82) is 0 Å². The van der Waals surface area contributed by atoms with Crippen molar-refractivity contribution in [2.24, 2.45) is 7.05 Å². The lowest BCUT2D eigenvalue weighted by molar-refractivity contribution is 0.498. The molecule has 112 valence electrons. The summed E-state index contributed by atoms with van der Waals surface area (Å²) in [6.07, 6.45) is 0. The molecule has 1 atom stereocenters. The highest BCUT2D eigenvalue weighted by Crippen LogP contribution is 2.28. The van der Waals surface area contributed by atoms with E-state index in [4.69, 9.17) is 0 Å². The molecule has 0 bridgehead atoms. The number of nitrogens with zero attached hydrogens (tertiary/aromatic N) is 5. The maximum atomic E-state index is 4.60. The summed E-state index contributed by atoms with van der Waals surface area (Å²) in [5.41, 5.74) is 4.22. The molecule has 0 aliphatic heterocycles. The molecule has 6 nitrogen and oxygen atoms in total. The minimum absolute atomic E-state index is 0.282. The Labute approximate surface area is 127 Å². The molecular formula is C14H20N6S. The number of hydrogen-bond donors (Lipinski definition) is 1. The van der Waals surface area contributed by atoms with Crippen LogP contribution in [0.5, 0.6) is 0 Å². The minimum Gasteiger partial charge on any atom is -0.359 e. The number of hydrogen-bond acceptors (Lipinski definition) is 5. The average Bonchev–Trinajstić information content (AvgIpc) is 3.05. The van der Waals surface area contributed by atoms with Crippen molar-refractivity contribution in [3.8, 4) is 0 Å². The van der Waals surface area contributed by atoms with Crippen LogP contribution in [0.1, 0.15) is 30.0 Å². The fourth-order valence-corrected chi connectivity index (χ4v) is 3.51. The molecule has 0 aliphatic rings. The Bertz CT molecular complexity index is 746. The Morgan fingerprint density at radius 1 is 1.29 bits per heavy atom. The van der Waals surface area contributed by atoms with E-state index in [-0.39, 0.29) is 6.04 Å². The Balaban J connectivity index is 1.74. The predicted molar refractivity (Wildman–Crippen MR) is 86.0 cm³/mol. The zero-order chi connectivity index (χ0) is 15.1. The van der Waals surface area contributed by atoms with E-state index in [1.807, 2.05) is 25.6 Å². The third-order valence-electron chi connectivity index (χ3n) is 3.56. The molecule has 3 rings (SSSR count). The first-order valence-corrected chi connectivity index (χ1v) is 7.84. The fourth-order valence-electron chi connectivity index (χ4n) is 2.57. The van der Waals surface area contributed by atoms with Crippen LogP contribution in [-0.2, 0) is 7.05 Å². The zero-order valence-electron chi connectivity index (χ0n) is 13.0. The molecule has 0 aliphatic carbocycles. The molecule has 1 N–H and O–H groups in total. The van der Waals surface area contributed by atoms with E-state index in [9.17, 15) is 0 Å². The molecular weight excluding hydrogens is 284 g/mol. The van der Waals surface area contributed by atoms with E-state index in [1.54, 1.807) is 11.3 Å². The maximum Gasteiger partial charge on any atom is 0.185 e. The number of nitrogens with one attached hydrogen (secondary N) is 1. The van der Waals surface area contributed by atoms with E-state index in [1.165, 1.54) is 5.69 Å². The first-order valence-electron chi connectivity index (χ1n) is 7.02. The van der Waals surface area contributed by atoms with Crippen LogP contribution >= 0.6 is 11.3 Å². The Kier molecular flexibility index (Phi) is 3.44. The molecule has 0 fully saturated rings. The number of aryl methyl sites for hydroxylation is 4. The molecule has 0 spiro atoms. The molecule has 1 unspecified atom stereocenters. The molecule has 7 heteroatoms. The second kappa shape index (κ2) is 5.14. The van der Waals surface area contributed by atoms with Crippen molar-refractivity contribution >= 4 is 26.8 Å². The van der Waals surface area contributed by atoms with Crippen LogP contribution in [-0.4, -0.2) is 31.1 Å². The van der Waals surface area contributed by atoms with Crippen molar-refractivity contribution < 1.29 is 0 Å². The molecule has 0 radical (unpaired) electrons. The lowest BCUT2D eigenvalue weighted by Gasteiger charge is -2.14. The van der Waals surface area contributed by atoms with Gasteiger partial charge in [-0.25, -0.2) is 9.67 Å². The Hall–Kier alpha value is -1.89. The lowest BCUT2D eigenvalue weighted by atomic mass is 10.3. The van der Waals surface area contributed by atoms with Gasteiger partial charge in [0, 0.05) is 19.3 Å². The van der Waals surface area contributed by atoms with Crippen molar-refractivity contribution in [1.82, 2.24) is 24.5 Å². The first-order chi connectivity index (χ1) is 9.95. The maximum absolute atomic E-state index is 4.60. The molecule has 3 aromatic rings. The molecule has 3 aromatic heterocycles. The number of anilines is 1. The normalized spacial score (nSPS) is 13.0. The second-order valence-corrected chi connectivity index (χ2v) is 6.48. The molecule has 0 saturated carbocycles. The van der Waals surface area contributed by atoms with E-state index in [0.29, 0.717) is 0 Å². The molecule has 0 saturated heterocycles. The smallest absolute Gasteiger partial charge is 0.185 e. The minimum atomic E-state index is 0.282. The van der Waals surface area contributed by atoms with E-state index in [0.717, 1.165) is 33.4 Å². The van der Waals surface area contributed by atoms with Gasteiger partial charge in [-0.1, -0.05) is 11.3 Å². The topological polar surface area (TPSA) is 60.6 Å². The van der Waals surface area contributed by atoms with Gasteiger partial charge in [0.2, 0.25) is 0 Å². The van der Waals surface area contributed by atoms with Crippen LogP contribution in [0.4, 0.5) is 5.13 Å². The summed E-state index contributed by atoms with van der Waals surface area (Å²) >= 11 is 1.66. The molecule has 21 heavy (non-hydrogen) atoms. The third kappa shape index (κ3) is 2.53. The van der Waals surface area contributed by atoms with Crippen LogP contribution in [0.2, 0.25) is 0 Å². The zero-order valence-corrected chi connectivity index (χ0v) is 13.8. The second-order valence-electron chi connectivity index (χ2n) is 5.48. The third-order valence-corrected chi connectivity index (χ3v) is 4.67. The standard InChI is InChI=1S/C14H20N6S/c1-8-6-9(2)20(17-8)10(3)7-15-14-16-13-12(21-14)11(4)18-19(13)5/h6,10H,7H2,1-5H3,(H,15,16). The van der Waals surface area contributed by atoms with E-state index in [2.05, 4.69) is 45.1 Å². The molecule has 3 heterocycles. The summed E-state index contributed by atoms with van der Waals surface area (Å²) < 4.78 is 5.04. The summed E-state index contributed by atoms with van der Waals surface area (Å²) in [6, 6.07) is 2.38. The summed E-state index contributed by atoms with van der Waals surface area (Å²) in [4.78, 5) is 4.60. The number of thiazole rings is 1. The SMILES string of the molecule is Cc1cc(C)n(C(C)CNc2nc3c(s2)c(C)nn3C)n1. The van der Waals surface area contributed by atoms with Crippen LogP contribution in [0.3, 0.4) is 0 Å². The first kappa shape index (κ1) is 14.1. The Morgan fingerprint density at radius 3 is 2.67 bits per heavy atom. The van der Waals surface area contributed by atoms with Crippen molar-refractivity contribution in [3.05, 3.63) is 23.1 Å². The van der Waals surface area contributed by atoms with Gasteiger partial charge in [0.05, 0.1) is 22.1 Å². The van der Waals surface area contributed by atoms with Crippen LogP contribution < -0.4 is 5.32 Å². The quantitative estimate of drug-likeness (QED) is 0.805. The van der Waals surface area contributed by atoms with Gasteiger partial charge < -0.3 is 5.32 Å². The van der Waals surface area contributed by atoms with Gasteiger partial charge in [-0.2, -0.15) is 10.2 Å². The number of aromatic nitrogens is 5. The summed E-state index contributed by atoms with van der Waals surface area (Å²) in [5, 5.41) is 13.3. The van der Waals surface area contributed by atoms with Gasteiger partial charge in [-0.3, -0.25) is 4.68 Å². The largest absolute Gasteiger partial charge is 0.359 e. The summed E-state index contributed by atoms with van der Waals surface area (Å²) in [5.74, 6) is 0. The highest BCUT2D eigenvalue weighted by atomic mass is 32.1. The van der Waals surface area contributed by atoms with Gasteiger partial charge >= 0.3 is 0 Å². The van der Waals surface area contributed by atoms with E-state index < -0.39 is 0 Å². The molecule has 0 aromatic carbocycles. The van der Waals surface area contributed by atoms with Crippen LogP contribution in [0, 0.1) is 20.8 Å². The van der Waals surface area contributed by atoms with Gasteiger partial charge in [0.25, 0.3) is 0 Å². The van der Waals surface area contributed by atoms with Crippen LogP contribution in [0.15, 0.2) is 6.07 Å². The van der Waals surface area contributed by atoms with Crippen molar-refractivity contribution in [3.63, 3.8) is 0 Å². The van der Waals surface area contributed by atoms with Crippen molar-refractivity contribution in [2.75, 3.05) is 11.9 Å². The average molecular weight is 304 g/mol. The summed E-state index contributed by atoms with van der Waals surface area (Å²) in [6.45, 7) is 9.08. The van der Waals surface area contributed by atoms with Gasteiger partial charge in [-0.15, -0.1) is 0 Å². The van der Waals surface area contributed by atoms with Crippen LogP contribution in [0.25, 0.3) is 10.3 Å². The van der Waals surface area contributed by atoms with Crippen molar-refractivity contribution in [2.45, 2.75) is 33.7 Å². The van der Waals surface area contributed by atoms with Gasteiger partial charge in [0.1, 0.15) is 0 Å². The highest BCUT2D eigenvalue weighted by molar-refractivity contribution is 7.22. The lowest BCUT2D eigenvalue weighted by Crippen LogP contribution is -2.18. The predicted octanol–water partition coefficient (Wildman–Crippen LogP) is 2.82. The monoisotopic (exact) mass is 304 g/mol. The van der Waals surface area contributed by atoms with E-state index >= 15 is 0 Å². The molecule has 0 amide bonds. The summed E-state index contributed by atoms with van der Waals surface area (Å²) in [7, 11) is 1.93. The number of rotatable bonds is 4. The van der Waals surface area contributed by atoms with Gasteiger partial charge in [0.15, 0.2) is 10.8 Å². The van der Waals surface area contributed by atoms with Gasteiger partial charge in [-0.05, 0) is 33.8 Å². The highest BCUT2D eigenvalue weighted by Gasteiger charge is 2.13. The Morgan fingerprint density at radius 2 is 2.05 bits per heavy atom. The number of fused-ring (bicyclic) bond motifs is 1.